The Bertz CT molecular complexity index is 584. The van der Waals surface area contributed by atoms with Gasteiger partial charge in [-0.2, -0.15) is 8.42 Å². The number of hydrogen-bond acceptors (Lipinski definition) is 2. The Kier molecular flexibility index (Phi) is 13.7. The lowest BCUT2D eigenvalue weighted by molar-refractivity contribution is -0.908. The van der Waals surface area contributed by atoms with E-state index in [0.717, 1.165) is 5.56 Å². The van der Waals surface area contributed by atoms with Gasteiger partial charge in [0.25, 0.3) is 10.1 Å². The third-order valence-corrected chi connectivity index (χ3v) is 6.05. The molecule has 0 saturated carbocycles. The maximum absolute atomic E-state index is 10.5. The van der Waals surface area contributed by atoms with Crippen molar-refractivity contribution >= 4 is 10.1 Å². The fourth-order valence-corrected chi connectivity index (χ4v) is 3.43. The molecule has 0 spiro atoms. The standard InChI is InChI=1S/C15H34N.C7H8O3S/c1-5-8-10-11-12-13-15-16(4,7-3)14-9-6-2;1-6-2-4-7(5-3-6)11(8,9)10/h5-15H2,1-4H3;2-5H,1H3,(H,8,9,10)/q+1;. The second-order valence-corrected chi connectivity index (χ2v) is 9.21. The van der Waals surface area contributed by atoms with Crippen LogP contribution in [0.4, 0.5) is 0 Å². The van der Waals surface area contributed by atoms with Crippen LogP contribution in [0.5, 0.6) is 0 Å². The molecule has 0 aromatic heterocycles. The highest BCUT2D eigenvalue weighted by Crippen LogP contribution is 2.11. The number of aryl methyl sites for hydroxylation is 1. The quantitative estimate of drug-likeness (QED) is 0.272. The summed E-state index contributed by atoms with van der Waals surface area (Å²) in [5, 5.41) is 0. The van der Waals surface area contributed by atoms with Gasteiger partial charge in [-0.15, -0.1) is 0 Å². The van der Waals surface area contributed by atoms with Gasteiger partial charge in [-0.05, 0) is 45.2 Å². The van der Waals surface area contributed by atoms with Crippen LogP contribution in [0, 0.1) is 6.92 Å². The van der Waals surface area contributed by atoms with Crippen LogP contribution in [0.2, 0.25) is 0 Å². The van der Waals surface area contributed by atoms with Crippen LogP contribution in [0.3, 0.4) is 0 Å². The first-order chi connectivity index (χ1) is 12.7. The van der Waals surface area contributed by atoms with Gasteiger partial charge in [0.2, 0.25) is 0 Å². The number of nitrogens with zero attached hydrogens (tertiary/aromatic N) is 1. The van der Waals surface area contributed by atoms with E-state index in [1.807, 2.05) is 6.92 Å². The molecule has 0 aliphatic carbocycles. The predicted molar refractivity (Wildman–Crippen MR) is 116 cm³/mol. The van der Waals surface area contributed by atoms with Gasteiger partial charge in [0.1, 0.15) is 0 Å². The van der Waals surface area contributed by atoms with Crippen molar-refractivity contribution in [3.63, 3.8) is 0 Å². The molecule has 5 heteroatoms. The van der Waals surface area contributed by atoms with Gasteiger partial charge >= 0.3 is 0 Å². The Hall–Kier alpha value is -0.910. The van der Waals surface area contributed by atoms with Gasteiger partial charge in [0.05, 0.1) is 31.6 Å². The minimum absolute atomic E-state index is 0.0666. The topological polar surface area (TPSA) is 54.4 Å². The molecular weight excluding hydrogens is 358 g/mol. The van der Waals surface area contributed by atoms with E-state index < -0.39 is 10.1 Å². The highest BCUT2D eigenvalue weighted by atomic mass is 32.2. The summed E-state index contributed by atoms with van der Waals surface area (Å²) < 4.78 is 30.8. The summed E-state index contributed by atoms with van der Waals surface area (Å²) in [6.07, 6.45) is 11.3. The molecule has 0 aliphatic heterocycles. The Morgan fingerprint density at radius 2 is 1.30 bits per heavy atom. The van der Waals surface area contributed by atoms with Gasteiger partial charge in [-0.1, -0.05) is 63.6 Å². The molecule has 1 unspecified atom stereocenters. The van der Waals surface area contributed by atoms with Gasteiger partial charge in [0.15, 0.2) is 0 Å². The molecule has 0 bridgehead atoms. The van der Waals surface area contributed by atoms with Crippen LogP contribution in [0.15, 0.2) is 29.2 Å². The van der Waals surface area contributed by atoms with Gasteiger partial charge in [-0.3, -0.25) is 4.55 Å². The molecule has 1 aromatic rings. The van der Waals surface area contributed by atoms with E-state index in [0.29, 0.717) is 0 Å². The Morgan fingerprint density at radius 3 is 1.78 bits per heavy atom. The van der Waals surface area contributed by atoms with Crippen molar-refractivity contribution in [3.05, 3.63) is 29.8 Å². The first kappa shape index (κ1) is 26.1. The van der Waals surface area contributed by atoms with E-state index in [1.54, 1.807) is 12.1 Å². The molecule has 0 saturated heterocycles. The summed E-state index contributed by atoms with van der Waals surface area (Å²) in [5.41, 5.74) is 0.956. The van der Waals surface area contributed by atoms with E-state index in [9.17, 15) is 8.42 Å². The van der Waals surface area contributed by atoms with Crippen LogP contribution >= 0.6 is 0 Å². The number of quaternary nitrogens is 1. The molecular formula is C22H42NO3S+. The minimum atomic E-state index is -4.02. The second kappa shape index (κ2) is 14.1. The number of benzene rings is 1. The lowest BCUT2D eigenvalue weighted by Crippen LogP contribution is -2.45. The lowest BCUT2D eigenvalue weighted by Gasteiger charge is -2.33. The molecule has 0 fully saturated rings. The maximum Gasteiger partial charge on any atom is 0.294 e. The number of rotatable bonds is 12. The van der Waals surface area contributed by atoms with E-state index in [4.69, 9.17) is 4.55 Å². The molecule has 1 aromatic carbocycles. The molecule has 0 radical (unpaired) electrons. The largest absolute Gasteiger partial charge is 0.326 e. The van der Waals surface area contributed by atoms with Crippen LogP contribution in [-0.2, 0) is 10.1 Å². The van der Waals surface area contributed by atoms with Crippen LogP contribution in [0.1, 0.15) is 77.7 Å². The molecule has 4 nitrogen and oxygen atoms in total. The smallest absolute Gasteiger partial charge is 0.294 e. The average Bonchev–Trinajstić information content (AvgIpc) is 2.63. The van der Waals surface area contributed by atoms with E-state index in [2.05, 4.69) is 27.8 Å². The van der Waals surface area contributed by atoms with E-state index in [-0.39, 0.29) is 4.90 Å². The second-order valence-electron chi connectivity index (χ2n) is 7.79. The summed E-state index contributed by atoms with van der Waals surface area (Å²) in [4.78, 5) is -0.0666. The monoisotopic (exact) mass is 400 g/mol. The molecule has 158 valence electrons. The fraction of sp³-hybridized carbons (Fsp3) is 0.727. The van der Waals surface area contributed by atoms with Gasteiger partial charge in [-0.25, -0.2) is 0 Å². The molecule has 1 rings (SSSR count). The zero-order valence-electron chi connectivity index (χ0n) is 18.2. The SMILES string of the molecule is CCCCCCCC[N+](C)(CC)CCCC.Cc1ccc(S(=O)(=O)O)cc1. The zero-order chi connectivity index (χ0) is 20.8. The number of unbranched alkanes of at least 4 members (excludes halogenated alkanes) is 6. The normalized spacial score (nSPS) is 13.6. The van der Waals surface area contributed by atoms with Crippen LogP contribution < -0.4 is 0 Å². The molecule has 1 atom stereocenters. The Morgan fingerprint density at radius 1 is 0.815 bits per heavy atom. The molecule has 0 amide bonds. The van der Waals surface area contributed by atoms with Gasteiger partial charge < -0.3 is 4.48 Å². The summed E-state index contributed by atoms with van der Waals surface area (Å²) in [5.74, 6) is 0. The highest BCUT2D eigenvalue weighted by Gasteiger charge is 2.17. The first-order valence-corrected chi connectivity index (χ1v) is 12.0. The van der Waals surface area contributed by atoms with Gasteiger partial charge in [0, 0.05) is 0 Å². The summed E-state index contributed by atoms with van der Waals surface area (Å²) >= 11 is 0. The fourth-order valence-electron chi connectivity index (χ4n) is 2.95. The zero-order valence-corrected chi connectivity index (χ0v) is 19.0. The molecule has 1 N–H and O–H groups in total. The van der Waals surface area contributed by atoms with E-state index in [1.165, 1.54) is 87.6 Å². The van der Waals surface area contributed by atoms with Crippen LogP contribution in [0.25, 0.3) is 0 Å². The van der Waals surface area contributed by atoms with Crippen molar-refractivity contribution in [1.29, 1.82) is 0 Å². The van der Waals surface area contributed by atoms with Crippen molar-refractivity contribution in [2.75, 3.05) is 26.7 Å². The molecule has 0 heterocycles. The molecule has 27 heavy (non-hydrogen) atoms. The summed E-state index contributed by atoms with van der Waals surface area (Å²) in [6.45, 7) is 12.8. The summed E-state index contributed by atoms with van der Waals surface area (Å²) in [6, 6.07) is 5.99. The maximum atomic E-state index is 10.5. The molecule has 0 aliphatic rings. The Labute approximate surface area is 168 Å². The minimum Gasteiger partial charge on any atom is -0.326 e. The predicted octanol–water partition coefficient (Wildman–Crippen LogP) is 5.86. The van der Waals surface area contributed by atoms with Crippen molar-refractivity contribution in [2.45, 2.75) is 84.0 Å². The van der Waals surface area contributed by atoms with Crippen molar-refractivity contribution in [3.8, 4) is 0 Å². The lowest BCUT2D eigenvalue weighted by atomic mass is 10.1. The number of hydrogen-bond donors (Lipinski definition) is 1. The van der Waals surface area contributed by atoms with Crippen molar-refractivity contribution in [2.24, 2.45) is 0 Å². The van der Waals surface area contributed by atoms with Crippen LogP contribution in [-0.4, -0.2) is 44.1 Å². The Balaban J connectivity index is 0.000000533. The highest BCUT2D eigenvalue weighted by molar-refractivity contribution is 7.85. The van der Waals surface area contributed by atoms with Crippen molar-refractivity contribution in [1.82, 2.24) is 0 Å². The first-order valence-electron chi connectivity index (χ1n) is 10.6. The third-order valence-electron chi connectivity index (χ3n) is 5.19. The van der Waals surface area contributed by atoms with Crippen molar-refractivity contribution < 1.29 is 17.5 Å². The third kappa shape index (κ3) is 13.0. The van der Waals surface area contributed by atoms with E-state index >= 15 is 0 Å². The summed E-state index contributed by atoms with van der Waals surface area (Å²) in [7, 11) is -1.59. The average molecular weight is 401 g/mol.